The molecule has 2 rings (SSSR count). The van der Waals surface area contributed by atoms with Crippen molar-refractivity contribution in [2.45, 2.75) is 57.3 Å². The summed E-state index contributed by atoms with van der Waals surface area (Å²) in [5, 5.41) is 3.44. The van der Waals surface area contributed by atoms with Gasteiger partial charge in [0.25, 0.3) is 0 Å². The third kappa shape index (κ3) is 2.09. The summed E-state index contributed by atoms with van der Waals surface area (Å²) in [6.45, 7) is 5.42. The zero-order valence-electron chi connectivity index (χ0n) is 9.99. The molecule has 0 unspecified atom stereocenters. The van der Waals surface area contributed by atoms with Crippen molar-refractivity contribution < 1.29 is 19.0 Å². The van der Waals surface area contributed by atoms with Crippen LogP contribution in [0.4, 0.5) is 0 Å². The van der Waals surface area contributed by atoms with Gasteiger partial charge >= 0.3 is 5.97 Å². The summed E-state index contributed by atoms with van der Waals surface area (Å²) in [4.78, 5) is 14.3. The number of nitrogens with zero attached hydrogens (tertiary/aromatic N) is 3. The highest BCUT2D eigenvalue weighted by Gasteiger charge is 2.54. The molecule has 0 aliphatic carbocycles. The quantitative estimate of drug-likeness (QED) is 0.317. The summed E-state index contributed by atoms with van der Waals surface area (Å²) in [5.74, 6) is -1.34. The van der Waals surface area contributed by atoms with Crippen LogP contribution in [0, 0.1) is 0 Å². The minimum Gasteiger partial charge on any atom is -0.459 e. The Hall–Kier alpha value is -1.30. The fraction of sp³-hybridized carbons (Fsp3) is 0.900. The van der Waals surface area contributed by atoms with Crippen molar-refractivity contribution in [2.75, 3.05) is 0 Å². The fourth-order valence-electron chi connectivity index (χ4n) is 2.25. The topological polar surface area (TPSA) is 93.5 Å². The van der Waals surface area contributed by atoms with Crippen LogP contribution in [-0.2, 0) is 19.0 Å². The number of cyclic esters (lactones) is 1. The van der Waals surface area contributed by atoms with E-state index in [0.29, 0.717) is 6.42 Å². The molecule has 0 saturated carbocycles. The Morgan fingerprint density at radius 1 is 1.41 bits per heavy atom. The molecule has 0 aromatic rings. The van der Waals surface area contributed by atoms with Crippen LogP contribution in [0.25, 0.3) is 10.4 Å². The zero-order chi connectivity index (χ0) is 12.6. The molecule has 94 valence electrons. The van der Waals surface area contributed by atoms with E-state index in [-0.39, 0.29) is 12.2 Å². The standard InChI is InChI=1S/C10H15N3O4/c1-4-5-7-8(17-10(2,3)16-7)6(12-13-11)9(14)15-5/h5-8H,4H2,1-3H3/t5-,6-,7+,8-/m1/s1. The Kier molecular flexibility index (Phi) is 2.99. The molecule has 0 N–H and O–H groups in total. The molecule has 0 bridgehead atoms. The van der Waals surface area contributed by atoms with Crippen molar-refractivity contribution in [3.63, 3.8) is 0 Å². The number of ether oxygens (including phenoxy) is 3. The summed E-state index contributed by atoms with van der Waals surface area (Å²) >= 11 is 0. The van der Waals surface area contributed by atoms with Gasteiger partial charge in [-0.05, 0) is 25.8 Å². The summed E-state index contributed by atoms with van der Waals surface area (Å²) in [5.41, 5.74) is 8.46. The number of esters is 1. The van der Waals surface area contributed by atoms with Crippen molar-refractivity contribution in [3.05, 3.63) is 10.4 Å². The van der Waals surface area contributed by atoms with Crippen LogP contribution < -0.4 is 0 Å². The highest BCUT2D eigenvalue weighted by molar-refractivity contribution is 5.78. The van der Waals surface area contributed by atoms with Gasteiger partial charge in [0, 0.05) is 4.91 Å². The Morgan fingerprint density at radius 3 is 2.65 bits per heavy atom. The zero-order valence-corrected chi connectivity index (χ0v) is 9.99. The Labute approximate surface area is 98.6 Å². The maximum atomic E-state index is 11.7. The van der Waals surface area contributed by atoms with Gasteiger partial charge in [0.15, 0.2) is 11.8 Å². The maximum Gasteiger partial charge on any atom is 0.318 e. The van der Waals surface area contributed by atoms with Crippen LogP contribution in [0.5, 0.6) is 0 Å². The molecule has 2 fully saturated rings. The molecule has 0 radical (unpaired) electrons. The first-order chi connectivity index (χ1) is 7.98. The molecule has 0 spiro atoms. The molecule has 4 atom stereocenters. The van der Waals surface area contributed by atoms with Crippen LogP contribution in [0.3, 0.4) is 0 Å². The van der Waals surface area contributed by atoms with Crippen LogP contribution in [0.15, 0.2) is 5.11 Å². The molecule has 17 heavy (non-hydrogen) atoms. The van der Waals surface area contributed by atoms with E-state index in [9.17, 15) is 4.79 Å². The molecular weight excluding hydrogens is 226 g/mol. The second-order valence-corrected chi connectivity index (χ2v) is 4.60. The minimum atomic E-state index is -0.963. The number of azide groups is 1. The van der Waals surface area contributed by atoms with E-state index in [1.54, 1.807) is 13.8 Å². The van der Waals surface area contributed by atoms with E-state index in [1.165, 1.54) is 0 Å². The van der Waals surface area contributed by atoms with Gasteiger partial charge in [-0.3, -0.25) is 4.79 Å². The van der Waals surface area contributed by atoms with Gasteiger partial charge in [0.05, 0.1) is 0 Å². The largest absolute Gasteiger partial charge is 0.459 e. The lowest BCUT2D eigenvalue weighted by molar-refractivity contribution is -0.172. The van der Waals surface area contributed by atoms with Crippen molar-refractivity contribution >= 4 is 5.97 Å². The number of fused-ring (bicyclic) bond motifs is 1. The van der Waals surface area contributed by atoms with Gasteiger partial charge in [-0.15, -0.1) is 0 Å². The monoisotopic (exact) mass is 241 g/mol. The molecule has 2 aliphatic heterocycles. The van der Waals surface area contributed by atoms with Crippen molar-refractivity contribution in [1.29, 1.82) is 0 Å². The van der Waals surface area contributed by atoms with E-state index in [0.717, 1.165) is 0 Å². The summed E-state index contributed by atoms with van der Waals surface area (Å²) in [6, 6.07) is -0.963. The molecule has 0 aromatic carbocycles. The lowest BCUT2D eigenvalue weighted by Gasteiger charge is -2.33. The van der Waals surface area contributed by atoms with Gasteiger partial charge in [0.1, 0.15) is 18.3 Å². The van der Waals surface area contributed by atoms with Crippen molar-refractivity contribution in [2.24, 2.45) is 5.11 Å². The van der Waals surface area contributed by atoms with Gasteiger partial charge in [0.2, 0.25) is 0 Å². The Balaban J connectivity index is 2.30. The number of carbonyl (C=O) groups excluding carboxylic acids is 1. The molecule has 2 saturated heterocycles. The Bertz CT molecular complexity index is 378. The highest BCUT2D eigenvalue weighted by Crippen LogP contribution is 2.37. The molecule has 2 aliphatic rings. The molecule has 7 nitrogen and oxygen atoms in total. The molecule has 0 amide bonds. The van der Waals surface area contributed by atoms with Crippen LogP contribution >= 0.6 is 0 Å². The van der Waals surface area contributed by atoms with E-state index in [2.05, 4.69) is 10.0 Å². The van der Waals surface area contributed by atoms with Crippen molar-refractivity contribution in [3.8, 4) is 0 Å². The van der Waals surface area contributed by atoms with Crippen molar-refractivity contribution in [1.82, 2.24) is 0 Å². The average molecular weight is 241 g/mol. The van der Waals surface area contributed by atoms with Gasteiger partial charge in [-0.25, -0.2) is 0 Å². The van der Waals surface area contributed by atoms with Gasteiger partial charge in [-0.1, -0.05) is 12.0 Å². The molecule has 2 heterocycles. The van der Waals surface area contributed by atoms with Crippen LogP contribution in [0.2, 0.25) is 0 Å². The SMILES string of the molecule is CC[C@H]1OC(=O)[C@H](N=[N+]=[N-])[C@H]2OC(C)(C)O[C@H]21. The van der Waals surface area contributed by atoms with Crippen LogP contribution in [-0.4, -0.2) is 36.1 Å². The fourth-order valence-corrected chi connectivity index (χ4v) is 2.25. The third-order valence-corrected chi connectivity index (χ3v) is 2.93. The smallest absolute Gasteiger partial charge is 0.318 e. The first-order valence-electron chi connectivity index (χ1n) is 5.59. The summed E-state index contributed by atoms with van der Waals surface area (Å²) in [7, 11) is 0. The third-order valence-electron chi connectivity index (χ3n) is 2.93. The van der Waals surface area contributed by atoms with Crippen LogP contribution in [0.1, 0.15) is 27.2 Å². The lowest BCUT2D eigenvalue weighted by Crippen LogP contribution is -2.52. The summed E-state index contributed by atoms with van der Waals surface area (Å²) in [6.07, 6.45) is -0.648. The normalized spacial score (nSPS) is 39.1. The second-order valence-electron chi connectivity index (χ2n) is 4.60. The first kappa shape index (κ1) is 12.2. The van der Waals surface area contributed by atoms with E-state index in [1.807, 2.05) is 6.92 Å². The minimum absolute atomic E-state index is 0.348. The van der Waals surface area contributed by atoms with Gasteiger partial charge in [-0.2, -0.15) is 0 Å². The van der Waals surface area contributed by atoms with Gasteiger partial charge < -0.3 is 14.2 Å². The Morgan fingerprint density at radius 2 is 2.06 bits per heavy atom. The lowest BCUT2D eigenvalue weighted by atomic mass is 9.97. The van der Waals surface area contributed by atoms with E-state index < -0.39 is 23.9 Å². The number of hydrogen-bond acceptors (Lipinski definition) is 5. The highest BCUT2D eigenvalue weighted by atomic mass is 16.8. The van der Waals surface area contributed by atoms with E-state index >= 15 is 0 Å². The second kappa shape index (κ2) is 4.18. The molecular formula is C10H15N3O4. The number of hydrogen-bond donors (Lipinski definition) is 0. The number of rotatable bonds is 2. The average Bonchev–Trinajstić information content (AvgIpc) is 2.57. The molecule has 7 heteroatoms. The number of carbonyl (C=O) groups is 1. The van der Waals surface area contributed by atoms with E-state index in [4.69, 9.17) is 19.7 Å². The molecule has 0 aromatic heterocycles. The summed E-state index contributed by atoms with van der Waals surface area (Å²) < 4.78 is 16.5. The predicted molar refractivity (Wildman–Crippen MR) is 56.9 cm³/mol. The predicted octanol–water partition coefficient (Wildman–Crippen LogP) is 1.52. The maximum absolute atomic E-state index is 11.7. The first-order valence-corrected chi connectivity index (χ1v) is 5.59.